The lowest BCUT2D eigenvalue weighted by Crippen LogP contribution is -2.37. The Morgan fingerprint density at radius 3 is 2.90 bits per heavy atom. The molecule has 0 spiro atoms. The van der Waals surface area contributed by atoms with Crippen LogP contribution >= 0.6 is 0 Å². The summed E-state index contributed by atoms with van der Waals surface area (Å²) < 4.78 is 33.2. The summed E-state index contributed by atoms with van der Waals surface area (Å²) in [6.07, 6.45) is 1.67. The Bertz CT molecular complexity index is 666. The lowest BCUT2D eigenvalue weighted by atomic mass is 10.3. The van der Waals surface area contributed by atoms with Crippen LogP contribution in [-0.4, -0.2) is 43.5 Å². The highest BCUT2D eigenvalue weighted by molar-refractivity contribution is 7.89. The number of ether oxygens (including phenoxy) is 1. The number of rotatable bonds is 7. The highest BCUT2D eigenvalue weighted by atomic mass is 32.2. The van der Waals surface area contributed by atoms with E-state index in [1.165, 1.54) is 0 Å². The number of nitrogens with one attached hydrogen (secondary N) is 1. The predicted molar refractivity (Wildman–Crippen MR) is 78.0 cm³/mol. The number of hydrogen-bond donors (Lipinski definition) is 1. The molecule has 1 aromatic carbocycles. The summed E-state index contributed by atoms with van der Waals surface area (Å²) >= 11 is 0. The van der Waals surface area contributed by atoms with E-state index in [4.69, 9.17) is 4.74 Å². The highest BCUT2D eigenvalue weighted by Crippen LogP contribution is 2.11. The number of benzene rings is 1. The maximum Gasteiger partial charge on any atom is 0.213 e. The SMILES string of the molecule is COC[C@H](C)NS(=O)(=O)CCn1cnc2ccccc21. The molecule has 0 unspecified atom stereocenters. The van der Waals surface area contributed by atoms with Gasteiger partial charge in [0.1, 0.15) is 0 Å². The van der Waals surface area contributed by atoms with Crippen LogP contribution in [0.4, 0.5) is 0 Å². The molecule has 0 fully saturated rings. The van der Waals surface area contributed by atoms with Crippen molar-refractivity contribution in [1.29, 1.82) is 0 Å². The van der Waals surface area contributed by atoms with Crippen molar-refractivity contribution < 1.29 is 13.2 Å². The van der Waals surface area contributed by atoms with Gasteiger partial charge in [0.15, 0.2) is 0 Å². The summed E-state index contributed by atoms with van der Waals surface area (Å²) in [5.41, 5.74) is 1.80. The zero-order valence-electron chi connectivity index (χ0n) is 11.6. The fourth-order valence-electron chi connectivity index (χ4n) is 2.06. The van der Waals surface area contributed by atoms with Gasteiger partial charge < -0.3 is 9.30 Å². The second-order valence-corrected chi connectivity index (χ2v) is 6.59. The van der Waals surface area contributed by atoms with E-state index in [0.29, 0.717) is 13.2 Å². The topological polar surface area (TPSA) is 73.2 Å². The quantitative estimate of drug-likeness (QED) is 0.827. The first kappa shape index (κ1) is 15.0. The molecule has 0 bridgehead atoms. The van der Waals surface area contributed by atoms with Gasteiger partial charge in [-0.1, -0.05) is 12.1 Å². The summed E-state index contributed by atoms with van der Waals surface area (Å²) in [6, 6.07) is 7.41. The number of nitrogens with zero attached hydrogens (tertiary/aromatic N) is 2. The van der Waals surface area contributed by atoms with Gasteiger partial charge in [-0.15, -0.1) is 0 Å². The van der Waals surface area contributed by atoms with Gasteiger partial charge in [0.05, 0.1) is 29.7 Å². The fraction of sp³-hybridized carbons (Fsp3) is 0.462. The van der Waals surface area contributed by atoms with Crippen LogP contribution in [0.2, 0.25) is 0 Å². The molecule has 0 aliphatic rings. The van der Waals surface area contributed by atoms with Crippen LogP contribution in [0.5, 0.6) is 0 Å². The Hall–Kier alpha value is -1.44. The second-order valence-electron chi connectivity index (χ2n) is 4.72. The molecule has 20 heavy (non-hydrogen) atoms. The third kappa shape index (κ3) is 3.78. The smallest absolute Gasteiger partial charge is 0.213 e. The Morgan fingerprint density at radius 2 is 2.15 bits per heavy atom. The standard InChI is InChI=1S/C13H19N3O3S/c1-11(9-19-2)15-20(17,18)8-7-16-10-14-12-5-3-4-6-13(12)16/h3-6,10-11,15H,7-9H2,1-2H3/t11-/m0/s1. The van der Waals surface area contributed by atoms with Gasteiger partial charge in [0.2, 0.25) is 10.0 Å². The molecule has 2 rings (SSSR count). The normalized spacial score (nSPS) is 13.7. The van der Waals surface area contributed by atoms with Crippen molar-refractivity contribution >= 4 is 21.1 Å². The minimum absolute atomic E-state index is 0.0153. The van der Waals surface area contributed by atoms with Crippen molar-refractivity contribution in [3.63, 3.8) is 0 Å². The zero-order chi connectivity index (χ0) is 14.6. The number of sulfonamides is 1. The molecule has 1 atom stereocenters. The Balaban J connectivity index is 2.01. The van der Waals surface area contributed by atoms with E-state index in [2.05, 4.69) is 9.71 Å². The largest absolute Gasteiger partial charge is 0.383 e. The van der Waals surface area contributed by atoms with Crippen molar-refractivity contribution in [2.75, 3.05) is 19.5 Å². The fourth-order valence-corrected chi connectivity index (χ4v) is 3.29. The van der Waals surface area contributed by atoms with Gasteiger partial charge in [0, 0.05) is 19.7 Å². The van der Waals surface area contributed by atoms with Crippen LogP contribution < -0.4 is 4.72 Å². The Labute approximate surface area is 118 Å². The van der Waals surface area contributed by atoms with Gasteiger partial charge in [-0.3, -0.25) is 0 Å². The molecule has 1 aromatic heterocycles. The maximum absolute atomic E-state index is 11.9. The number of aromatic nitrogens is 2. The molecule has 6 nitrogen and oxygen atoms in total. The Morgan fingerprint density at radius 1 is 1.40 bits per heavy atom. The molecule has 0 amide bonds. The van der Waals surface area contributed by atoms with Gasteiger partial charge in [0.25, 0.3) is 0 Å². The van der Waals surface area contributed by atoms with E-state index < -0.39 is 10.0 Å². The van der Waals surface area contributed by atoms with Crippen molar-refractivity contribution in [2.24, 2.45) is 0 Å². The monoisotopic (exact) mass is 297 g/mol. The average Bonchev–Trinajstić information content (AvgIpc) is 2.79. The van der Waals surface area contributed by atoms with E-state index in [1.807, 2.05) is 28.8 Å². The van der Waals surface area contributed by atoms with Crippen LogP contribution in [0, 0.1) is 0 Å². The molecule has 0 aliphatic carbocycles. The third-order valence-electron chi connectivity index (χ3n) is 2.93. The summed E-state index contributed by atoms with van der Waals surface area (Å²) in [4.78, 5) is 4.24. The number of methoxy groups -OCH3 is 1. The molecular weight excluding hydrogens is 278 g/mol. The van der Waals surface area contributed by atoms with Crippen molar-refractivity contribution in [3.05, 3.63) is 30.6 Å². The van der Waals surface area contributed by atoms with Crippen LogP contribution in [0.25, 0.3) is 11.0 Å². The number of hydrogen-bond acceptors (Lipinski definition) is 4. The van der Waals surface area contributed by atoms with E-state index in [1.54, 1.807) is 20.4 Å². The van der Waals surface area contributed by atoms with Crippen LogP contribution in [0.1, 0.15) is 6.92 Å². The summed E-state index contributed by atoms with van der Waals surface area (Å²) in [7, 11) is -1.78. The van der Waals surface area contributed by atoms with Crippen molar-refractivity contribution in [1.82, 2.24) is 14.3 Å². The summed E-state index contributed by atoms with van der Waals surface area (Å²) in [5.74, 6) is 0.0153. The van der Waals surface area contributed by atoms with E-state index in [-0.39, 0.29) is 11.8 Å². The van der Waals surface area contributed by atoms with E-state index in [9.17, 15) is 8.42 Å². The molecule has 2 aromatic rings. The molecular formula is C13H19N3O3S. The van der Waals surface area contributed by atoms with Gasteiger partial charge in [-0.05, 0) is 19.1 Å². The van der Waals surface area contributed by atoms with Crippen LogP contribution in [0.15, 0.2) is 30.6 Å². The van der Waals surface area contributed by atoms with Crippen molar-refractivity contribution in [3.8, 4) is 0 Å². The molecule has 0 saturated heterocycles. The number of imidazole rings is 1. The summed E-state index contributed by atoms with van der Waals surface area (Å²) in [6.45, 7) is 2.50. The van der Waals surface area contributed by atoms with E-state index in [0.717, 1.165) is 11.0 Å². The highest BCUT2D eigenvalue weighted by Gasteiger charge is 2.15. The lowest BCUT2D eigenvalue weighted by Gasteiger charge is -2.13. The summed E-state index contributed by atoms with van der Waals surface area (Å²) in [5, 5.41) is 0. The first-order chi connectivity index (χ1) is 9.52. The van der Waals surface area contributed by atoms with Gasteiger partial charge >= 0.3 is 0 Å². The minimum atomic E-state index is -3.33. The molecule has 0 radical (unpaired) electrons. The molecule has 0 saturated carbocycles. The number of para-hydroxylation sites is 2. The Kier molecular flexibility index (Phi) is 4.74. The van der Waals surface area contributed by atoms with Gasteiger partial charge in [-0.2, -0.15) is 0 Å². The average molecular weight is 297 g/mol. The third-order valence-corrected chi connectivity index (χ3v) is 4.41. The first-order valence-electron chi connectivity index (χ1n) is 6.40. The zero-order valence-corrected chi connectivity index (χ0v) is 12.4. The van der Waals surface area contributed by atoms with Crippen LogP contribution in [0.3, 0.4) is 0 Å². The van der Waals surface area contributed by atoms with E-state index >= 15 is 0 Å². The minimum Gasteiger partial charge on any atom is -0.383 e. The first-order valence-corrected chi connectivity index (χ1v) is 8.06. The lowest BCUT2D eigenvalue weighted by molar-refractivity contribution is 0.180. The molecule has 0 aliphatic heterocycles. The van der Waals surface area contributed by atoms with Crippen molar-refractivity contribution in [2.45, 2.75) is 19.5 Å². The van der Waals surface area contributed by atoms with Crippen LogP contribution in [-0.2, 0) is 21.3 Å². The second kappa shape index (κ2) is 6.34. The number of aryl methyl sites for hydroxylation is 1. The molecule has 110 valence electrons. The molecule has 1 heterocycles. The van der Waals surface area contributed by atoms with Gasteiger partial charge in [-0.25, -0.2) is 18.1 Å². The maximum atomic E-state index is 11.9. The molecule has 7 heteroatoms. The molecule has 1 N–H and O–H groups in total. The predicted octanol–water partition coefficient (Wildman–Crippen LogP) is 0.991. The number of fused-ring (bicyclic) bond motifs is 1.